The molecule has 0 spiro atoms. The van der Waals surface area contributed by atoms with E-state index >= 15 is 0 Å². The molecule has 0 aliphatic heterocycles. The maximum Gasteiger partial charge on any atom is 0.312 e. The van der Waals surface area contributed by atoms with Gasteiger partial charge in [-0.3, -0.25) is 15.5 Å². The van der Waals surface area contributed by atoms with Gasteiger partial charge < -0.3 is 9.84 Å². The molecular formula is C16H14BrN5O4. The Morgan fingerprint density at radius 2 is 2.27 bits per heavy atom. The lowest BCUT2D eigenvalue weighted by molar-refractivity contribution is -0.385. The number of hydrogen-bond donors (Lipinski definition) is 2. The van der Waals surface area contributed by atoms with Gasteiger partial charge in [0.2, 0.25) is 5.75 Å². The molecule has 1 aromatic heterocycles. The number of rotatable bonds is 6. The molecule has 9 nitrogen and oxygen atoms in total. The Morgan fingerprint density at radius 3 is 2.88 bits per heavy atom. The fourth-order valence-corrected chi connectivity index (χ4v) is 2.69. The van der Waals surface area contributed by atoms with E-state index in [0.717, 1.165) is 0 Å². The van der Waals surface area contributed by atoms with Gasteiger partial charge in [0.05, 0.1) is 17.7 Å². The van der Waals surface area contributed by atoms with Gasteiger partial charge >= 0.3 is 5.69 Å². The van der Waals surface area contributed by atoms with Gasteiger partial charge in [-0.1, -0.05) is 15.9 Å². The van der Waals surface area contributed by atoms with Gasteiger partial charge in [-0.25, -0.2) is 4.98 Å². The lowest BCUT2D eigenvalue weighted by atomic mass is 10.1. The molecule has 1 heterocycles. The lowest BCUT2D eigenvalue weighted by Gasteiger charge is -2.09. The van der Waals surface area contributed by atoms with Crippen molar-refractivity contribution in [2.45, 2.75) is 13.5 Å². The van der Waals surface area contributed by atoms with Gasteiger partial charge in [-0.05, 0) is 19.1 Å². The molecule has 0 aliphatic carbocycles. The molecule has 134 valence electrons. The SMILES string of the molecule is COCc1cc(C)nc(N/N=C\c2cc(Br)cc([N+](=O)[O-])c2O)c1C#N. The van der Waals surface area contributed by atoms with E-state index in [1.807, 2.05) is 6.07 Å². The Bertz CT molecular complexity index is 924. The summed E-state index contributed by atoms with van der Waals surface area (Å²) in [5.74, 6) is -0.290. The molecule has 2 aromatic rings. The van der Waals surface area contributed by atoms with Crippen molar-refractivity contribution in [3.63, 3.8) is 0 Å². The number of benzene rings is 1. The van der Waals surface area contributed by atoms with Crippen LogP contribution < -0.4 is 5.43 Å². The number of nitrogens with one attached hydrogen (secondary N) is 1. The molecule has 26 heavy (non-hydrogen) atoms. The van der Waals surface area contributed by atoms with Gasteiger partial charge in [0.25, 0.3) is 0 Å². The van der Waals surface area contributed by atoms with Crippen molar-refractivity contribution in [3.05, 3.63) is 55.2 Å². The van der Waals surface area contributed by atoms with Crippen LogP contribution in [0.3, 0.4) is 0 Å². The summed E-state index contributed by atoms with van der Waals surface area (Å²) in [6, 6.07) is 6.44. The average Bonchev–Trinajstić information content (AvgIpc) is 2.57. The normalized spacial score (nSPS) is 10.7. The molecule has 2 rings (SSSR count). The first kappa shape index (κ1) is 19.3. The summed E-state index contributed by atoms with van der Waals surface area (Å²) < 4.78 is 5.49. The molecule has 0 unspecified atom stereocenters. The zero-order chi connectivity index (χ0) is 19.3. The summed E-state index contributed by atoms with van der Waals surface area (Å²) in [6.45, 7) is 2.00. The fourth-order valence-electron chi connectivity index (χ4n) is 2.22. The molecule has 0 radical (unpaired) electrons. The van der Waals surface area contributed by atoms with E-state index in [4.69, 9.17) is 4.74 Å². The molecule has 10 heteroatoms. The van der Waals surface area contributed by atoms with Gasteiger partial charge in [0, 0.05) is 34.5 Å². The Labute approximate surface area is 157 Å². The van der Waals surface area contributed by atoms with Gasteiger partial charge in [0.1, 0.15) is 11.6 Å². The minimum atomic E-state index is -0.697. The van der Waals surface area contributed by atoms with E-state index in [-0.39, 0.29) is 23.6 Å². The van der Waals surface area contributed by atoms with Crippen molar-refractivity contribution < 1.29 is 14.8 Å². The van der Waals surface area contributed by atoms with Crippen LogP contribution in [0.2, 0.25) is 0 Å². The minimum absolute atomic E-state index is 0.127. The molecule has 0 saturated carbocycles. The number of hydrogen-bond acceptors (Lipinski definition) is 8. The largest absolute Gasteiger partial charge is 0.502 e. The molecule has 0 aliphatic rings. The third-order valence-electron chi connectivity index (χ3n) is 3.30. The Hall–Kier alpha value is -3.03. The zero-order valence-electron chi connectivity index (χ0n) is 13.9. The van der Waals surface area contributed by atoms with Crippen LogP contribution >= 0.6 is 15.9 Å². The van der Waals surface area contributed by atoms with Crippen molar-refractivity contribution in [1.82, 2.24) is 4.98 Å². The van der Waals surface area contributed by atoms with Crippen molar-refractivity contribution in [2.75, 3.05) is 12.5 Å². The van der Waals surface area contributed by atoms with Crippen LogP contribution in [-0.4, -0.2) is 28.3 Å². The number of anilines is 1. The second-order valence-electron chi connectivity index (χ2n) is 5.18. The maximum absolute atomic E-state index is 10.9. The monoisotopic (exact) mass is 419 g/mol. The number of halogens is 1. The van der Waals surface area contributed by atoms with E-state index in [9.17, 15) is 20.5 Å². The number of phenolic OH excluding ortho intramolecular Hbond substituents is 1. The molecule has 0 bridgehead atoms. The second-order valence-corrected chi connectivity index (χ2v) is 6.10. The highest BCUT2D eigenvalue weighted by Gasteiger charge is 2.17. The smallest absolute Gasteiger partial charge is 0.312 e. The Morgan fingerprint density at radius 1 is 1.54 bits per heavy atom. The molecule has 0 saturated heterocycles. The summed E-state index contributed by atoms with van der Waals surface area (Å²) in [6.07, 6.45) is 1.20. The van der Waals surface area contributed by atoms with Crippen LogP contribution in [0.1, 0.15) is 22.4 Å². The quantitative estimate of drug-likeness (QED) is 0.416. The number of pyridine rings is 1. The van der Waals surface area contributed by atoms with E-state index < -0.39 is 16.4 Å². The number of hydrazone groups is 1. The number of nitro benzene ring substituents is 1. The molecule has 1 aromatic carbocycles. The number of nitrogens with zero attached hydrogens (tertiary/aromatic N) is 4. The first-order chi connectivity index (χ1) is 12.4. The highest BCUT2D eigenvalue weighted by Crippen LogP contribution is 2.32. The van der Waals surface area contributed by atoms with Crippen molar-refractivity contribution in [1.29, 1.82) is 5.26 Å². The zero-order valence-corrected chi connectivity index (χ0v) is 15.4. The number of aromatic nitrogens is 1. The molecule has 0 amide bonds. The third kappa shape index (κ3) is 4.33. The van der Waals surface area contributed by atoms with Crippen LogP contribution in [0.15, 0.2) is 27.8 Å². The molecule has 2 N–H and O–H groups in total. The highest BCUT2D eigenvalue weighted by molar-refractivity contribution is 9.10. The summed E-state index contributed by atoms with van der Waals surface area (Å²) in [7, 11) is 1.52. The highest BCUT2D eigenvalue weighted by atomic mass is 79.9. The maximum atomic E-state index is 10.9. The lowest BCUT2D eigenvalue weighted by Crippen LogP contribution is -2.03. The predicted molar refractivity (Wildman–Crippen MR) is 98.1 cm³/mol. The minimum Gasteiger partial charge on any atom is -0.502 e. The van der Waals surface area contributed by atoms with Crippen LogP contribution in [0, 0.1) is 28.4 Å². The van der Waals surface area contributed by atoms with Gasteiger partial charge in [0.15, 0.2) is 5.82 Å². The van der Waals surface area contributed by atoms with Crippen LogP contribution in [0.25, 0.3) is 0 Å². The first-order valence-electron chi connectivity index (χ1n) is 7.23. The van der Waals surface area contributed by atoms with Crippen LogP contribution in [0.5, 0.6) is 5.75 Å². The number of methoxy groups -OCH3 is 1. The number of ether oxygens (including phenoxy) is 1. The van der Waals surface area contributed by atoms with Crippen molar-refractivity contribution in [3.8, 4) is 11.8 Å². The molecular weight excluding hydrogens is 406 g/mol. The summed E-state index contributed by atoms with van der Waals surface area (Å²) in [5.41, 5.74) is 3.90. The van der Waals surface area contributed by atoms with E-state index in [1.165, 1.54) is 25.5 Å². The number of nitriles is 1. The second kappa shape index (κ2) is 8.37. The summed E-state index contributed by atoms with van der Waals surface area (Å²) in [5, 5.41) is 34.2. The molecule has 0 fully saturated rings. The summed E-state index contributed by atoms with van der Waals surface area (Å²) >= 11 is 3.14. The number of aromatic hydroxyl groups is 1. The van der Waals surface area contributed by atoms with Crippen LogP contribution in [0.4, 0.5) is 11.5 Å². The van der Waals surface area contributed by atoms with E-state index in [0.29, 0.717) is 15.7 Å². The Kier molecular flexibility index (Phi) is 6.21. The molecule has 0 atom stereocenters. The van der Waals surface area contributed by atoms with Crippen molar-refractivity contribution >= 4 is 33.6 Å². The van der Waals surface area contributed by atoms with Crippen molar-refractivity contribution in [2.24, 2.45) is 5.10 Å². The average molecular weight is 420 g/mol. The Balaban J connectivity index is 2.35. The van der Waals surface area contributed by atoms with Crippen LogP contribution in [-0.2, 0) is 11.3 Å². The fraction of sp³-hybridized carbons (Fsp3) is 0.188. The summed E-state index contributed by atoms with van der Waals surface area (Å²) in [4.78, 5) is 14.5. The number of nitro groups is 1. The van der Waals surface area contributed by atoms with E-state index in [1.54, 1.807) is 13.0 Å². The topological polar surface area (TPSA) is 134 Å². The van der Waals surface area contributed by atoms with E-state index in [2.05, 4.69) is 31.4 Å². The predicted octanol–water partition coefficient (Wildman–Crippen LogP) is 3.23. The number of phenols is 1. The number of aryl methyl sites for hydroxylation is 1. The van der Waals surface area contributed by atoms with Gasteiger partial charge in [-0.15, -0.1) is 0 Å². The third-order valence-corrected chi connectivity index (χ3v) is 3.75. The van der Waals surface area contributed by atoms with Gasteiger partial charge in [-0.2, -0.15) is 10.4 Å². The first-order valence-corrected chi connectivity index (χ1v) is 8.02. The standard InChI is InChI=1S/C16H14BrN5O4/c1-9-3-11(8-26-2)13(6-18)16(20-9)21-19-7-10-4-12(17)5-14(15(10)23)22(24)25/h3-5,7,23H,8H2,1-2H3,(H,20,21)/b19-7-.